The second-order valence-electron chi connectivity index (χ2n) is 19.4. The molecule has 0 spiro atoms. The van der Waals surface area contributed by atoms with Crippen LogP contribution in [0.3, 0.4) is 0 Å². The SMILES string of the molecule is CC(C)c1cccc(C(C)C)c1N1CCC(=O)N(c2c(C(C)C)cccc2C(C)C)[C]1c1ccc(N(c2ccc3c(c2)c2ccccc2n3-c2ccccc2)c2cccc3ccccc23)cc1. The smallest absolute Gasteiger partial charge is 0.231 e. The lowest BCUT2D eigenvalue weighted by atomic mass is 9.88. The van der Waals surface area contributed by atoms with E-state index in [4.69, 9.17) is 0 Å². The molecule has 1 aliphatic heterocycles. The first-order valence-electron chi connectivity index (χ1n) is 24.2. The van der Waals surface area contributed by atoms with Crippen molar-refractivity contribution in [2.45, 2.75) is 85.5 Å². The van der Waals surface area contributed by atoms with E-state index in [1.54, 1.807) is 0 Å². The molecule has 1 amide bonds. The lowest BCUT2D eigenvalue weighted by Gasteiger charge is -2.47. The first-order valence-corrected chi connectivity index (χ1v) is 24.2. The molecule has 335 valence electrons. The van der Waals surface area contributed by atoms with Crippen molar-refractivity contribution in [1.29, 1.82) is 0 Å². The summed E-state index contributed by atoms with van der Waals surface area (Å²) >= 11 is 0. The summed E-state index contributed by atoms with van der Waals surface area (Å²) in [5.41, 5.74) is 14.9. The van der Waals surface area contributed by atoms with Gasteiger partial charge in [0.25, 0.3) is 0 Å². The number of anilines is 5. The molecule has 8 aromatic carbocycles. The fourth-order valence-electron chi connectivity index (χ4n) is 10.5. The maximum absolute atomic E-state index is 15.0. The number of hydrogen-bond donors (Lipinski definition) is 0. The molecule has 1 aromatic heterocycles. The van der Waals surface area contributed by atoms with Gasteiger partial charge in [0.1, 0.15) is 0 Å². The van der Waals surface area contributed by atoms with Crippen LogP contribution in [-0.4, -0.2) is 17.0 Å². The number of nitrogens with zero attached hydrogens (tertiary/aromatic N) is 4. The number of rotatable bonds is 11. The summed E-state index contributed by atoms with van der Waals surface area (Å²) in [5, 5.41) is 4.75. The molecule has 1 fully saturated rings. The van der Waals surface area contributed by atoms with Gasteiger partial charge in [0.15, 0.2) is 6.17 Å². The van der Waals surface area contributed by atoms with Gasteiger partial charge in [0.05, 0.1) is 22.4 Å². The normalized spacial score (nSPS) is 13.7. The Bertz CT molecular complexity index is 3190. The maximum Gasteiger partial charge on any atom is 0.231 e. The van der Waals surface area contributed by atoms with Crippen LogP contribution in [0.25, 0.3) is 38.3 Å². The molecule has 1 saturated heterocycles. The zero-order valence-electron chi connectivity index (χ0n) is 40.2. The molecule has 1 radical (unpaired) electrons. The zero-order valence-corrected chi connectivity index (χ0v) is 40.2. The molecular weight excluding hydrogens is 817 g/mol. The molecule has 0 aliphatic carbocycles. The molecule has 67 heavy (non-hydrogen) atoms. The highest BCUT2D eigenvalue weighted by Gasteiger charge is 2.42. The van der Waals surface area contributed by atoms with E-state index < -0.39 is 0 Å². The highest BCUT2D eigenvalue weighted by Crippen LogP contribution is 2.48. The molecule has 2 heterocycles. The molecule has 0 N–H and O–H groups in total. The van der Waals surface area contributed by atoms with Crippen molar-refractivity contribution in [2.75, 3.05) is 21.2 Å². The topological polar surface area (TPSA) is 31.7 Å². The van der Waals surface area contributed by atoms with Crippen LogP contribution in [-0.2, 0) is 4.79 Å². The Hall–Kier alpha value is -7.11. The molecule has 5 heteroatoms. The molecule has 0 saturated carbocycles. The summed E-state index contributed by atoms with van der Waals surface area (Å²) < 4.78 is 2.37. The van der Waals surface area contributed by atoms with Crippen molar-refractivity contribution < 1.29 is 4.79 Å². The maximum atomic E-state index is 15.0. The van der Waals surface area contributed by atoms with E-state index in [1.165, 1.54) is 55.0 Å². The standard InChI is InChI=1S/C62H61N4O/c1-40(2)49-25-17-26-50(41(3)4)60(49)63-38-37-59(67)66(61-51(42(5)6)27-18-28-52(61)43(7)8)62(63)45-31-33-47(34-32-45)64(56-30-16-20-44-19-12-13-23-53(44)56)48-35-36-58-55(39-48)54-24-14-15-29-57(54)65(58)46-21-10-9-11-22-46/h9-36,39-43H,37-38H2,1-8H3. The number of aromatic nitrogens is 1. The van der Waals surface area contributed by atoms with Crippen molar-refractivity contribution in [2.24, 2.45) is 0 Å². The first kappa shape index (κ1) is 43.8. The van der Waals surface area contributed by atoms with E-state index in [-0.39, 0.29) is 29.6 Å². The van der Waals surface area contributed by atoms with Crippen LogP contribution >= 0.6 is 0 Å². The Balaban J connectivity index is 1.19. The zero-order chi connectivity index (χ0) is 46.5. The summed E-state index contributed by atoms with van der Waals surface area (Å²) in [4.78, 5) is 22.0. The molecule has 1 aliphatic rings. The minimum Gasteiger partial charge on any atom is -0.340 e. The molecule has 9 aromatic rings. The van der Waals surface area contributed by atoms with Gasteiger partial charge >= 0.3 is 0 Å². The number of carbonyl (C=O) groups is 1. The number of benzene rings is 8. The summed E-state index contributed by atoms with van der Waals surface area (Å²) in [6.45, 7) is 18.7. The van der Waals surface area contributed by atoms with Crippen LogP contribution in [0, 0.1) is 6.17 Å². The van der Waals surface area contributed by atoms with E-state index in [9.17, 15) is 4.79 Å². The largest absolute Gasteiger partial charge is 0.340 e. The van der Waals surface area contributed by atoms with Crippen molar-refractivity contribution in [3.8, 4) is 5.69 Å². The summed E-state index contributed by atoms with van der Waals surface area (Å²) in [5.74, 6) is 1.11. The number of carbonyl (C=O) groups excluding carboxylic acids is 1. The van der Waals surface area contributed by atoms with Crippen LogP contribution in [0.15, 0.2) is 176 Å². The van der Waals surface area contributed by atoms with Crippen molar-refractivity contribution >= 4 is 66.9 Å². The lowest BCUT2D eigenvalue weighted by molar-refractivity contribution is -0.118. The fourth-order valence-corrected chi connectivity index (χ4v) is 10.5. The summed E-state index contributed by atoms with van der Waals surface area (Å²) in [7, 11) is 0. The summed E-state index contributed by atoms with van der Waals surface area (Å²) in [6, 6.07) is 63.9. The highest BCUT2D eigenvalue weighted by atomic mass is 16.2. The minimum absolute atomic E-state index is 0.124. The lowest BCUT2D eigenvalue weighted by Crippen LogP contribution is -2.53. The van der Waals surface area contributed by atoms with Gasteiger partial charge in [-0.3, -0.25) is 9.69 Å². The Morgan fingerprint density at radius 2 is 0.985 bits per heavy atom. The minimum atomic E-state index is 0.124. The van der Waals surface area contributed by atoms with Gasteiger partial charge in [-0.25, -0.2) is 0 Å². The van der Waals surface area contributed by atoms with Gasteiger partial charge in [-0.05, 0) is 106 Å². The second kappa shape index (κ2) is 17.9. The van der Waals surface area contributed by atoms with E-state index >= 15 is 0 Å². The van der Waals surface area contributed by atoms with Gasteiger partial charge in [-0.15, -0.1) is 0 Å². The molecule has 0 unspecified atom stereocenters. The second-order valence-corrected chi connectivity index (χ2v) is 19.4. The van der Waals surface area contributed by atoms with Crippen LogP contribution in [0.5, 0.6) is 0 Å². The van der Waals surface area contributed by atoms with Gasteiger partial charge < -0.3 is 14.4 Å². The third kappa shape index (κ3) is 7.74. The first-order chi connectivity index (χ1) is 32.5. The van der Waals surface area contributed by atoms with E-state index in [0.717, 1.165) is 45.7 Å². The fraction of sp³-hybridized carbons (Fsp3) is 0.226. The predicted octanol–water partition coefficient (Wildman–Crippen LogP) is 16.7. The van der Waals surface area contributed by atoms with Crippen LogP contribution in [0.4, 0.5) is 28.4 Å². The van der Waals surface area contributed by atoms with E-state index in [2.05, 4.69) is 251 Å². The Labute approximate surface area is 396 Å². The molecule has 0 atom stereocenters. The quantitative estimate of drug-likeness (QED) is 0.130. The average Bonchev–Trinajstić information content (AvgIpc) is 3.67. The molecule has 10 rings (SSSR count). The monoisotopic (exact) mass is 877 g/mol. The average molecular weight is 878 g/mol. The highest BCUT2D eigenvalue weighted by molar-refractivity contribution is 6.11. The Morgan fingerprint density at radius 1 is 0.463 bits per heavy atom. The third-order valence-electron chi connectivity index (χ3n) is 13.8. The van der Waals surface area contributed by atoms with Crippen LogP contribution in [0.1, 0.15) is 113 Å². The number of fused-ring (bicyclic) bond motifs is 4. The third-order valence-corrected chi connectivity index (χ3v) is 13.8. The number of para-hydroxylation sites is 4. The molecule has 5 nitrogen and oxygen atoms in total. The van der Waals surface area contributed by atoms with Crippen molar-refractivity contribution in [3.05, 3.63) is 210 Å². The van der Waals surface area contributed by atoms with Gasteiger partial charge in [-0.2, -0.15) is 0 Å². The van der Waals surface area contributed by atoms with E-state index in [1.807, 2.05) is 0 Å². The predicted molar refractivity (Wildman–Crippen MR) is 284 cm³/mol. The van der Waals surface area contributed by atoms with Crippen molar-refractivity contribution in [1.82, 2.24) is 4.57 Å². The van der Waals surface area contributed by atoms with E-state index in [0.29, 0.717) is 13.0 Å². The summed E-state index contributed by atoms with van der Waals surface area (Å²) in [6.07, 6.45) is 1.33. The van der Waals surface area contributed by atoms with Crippen molar-refractivity contribution in [3.63, 3.8) is 0 Å². The number of hydrogen-bond acceptors (Lipinski definition) is 3. The Kier molecular flexibility index (Phi) is 11.7. The molecular formula is C62H61N4O. The molecule has 0 bridgehead atoms. The van der Waals surface area contributed by atoms with Crippen LogP contribution in [0.2, 0.25) is 0 Å². The van der Waals surface area contributed by atoms with Gasteiger partial charge in [0, 0.05) is 57.4 Å². The Morgan fingerprint density at radius 3 is 1.63 bits per heavy atom. The number of amides is 1. The van der Waals surface area contributed by atoms with Crippen LogP contribution < -0.4 is 14.7 Å². The van der Waals surface area contributed by atoms with Gasteiger partial charge in [0.2, 0.25) is 5.91 Å². The van der Waals surface area contributed by atoms with Gasteiger partial charge in [-0.1, -0.05) is 177 Å².